The van der Waals surface area contributed by atoms with Crippen LogP contribution in [0.1, 0.15) is 24.1 Å². The second kappa shape index (κ2) is 9.77. The van der Waals surface area contributed by atoms with E-state index in [4.69, 9.17) is 21.5 Å². The Hall–Kier alpha value is -2.60. The molecule has 26 heavy (non-hydrogen) atoms. The minimum atomic E-state index is -0.833. The topological polar surface area (TPSA) is 73.7 Å². The predicted molar refractivity (Wildman–Crippen MR) is 101 cm³/mol. The zero-order valence-electron chi connectivity index (χ0n) is 14.4. The first-order valence-corrected chi connectivity index (χ1v) is 8.57. The summed E-state index contributed by atoms with van der Waals surface area (Å²) in [5.41, 5.74) is 1.59. The van der Waals surface area contributed by atoms with E-state index in [2.05, 4.69) is 15.6 Å². The van der Waals surface area contributed by atoms with Crippen molar-refractivity contribution in [3.63, 3.8) is 0 Å². The third kappa shape index (κ3) is 6.04. The first-order valence-electron chi connectivity index (χ1n) is 8.19. The molecular formula is C19H21ClFN3O2. The van der Waals surface area contributed by atoms with Crippen LogP contribution in [-0.4, -0.2) is 30.1 Å². The van der Waals surface area contributed by atoms with Gasteiger partial charge >= 0.3 is 0 Å². The average Bonchev–Trinajstić information content (AvgIpc) is 3.11. The summed E-state index contributed by atoms with van der Waals surface area (Å²) >= 11 is 6.16. The molecule has 2 aromatic carbocycles. The van der Waals surface area contributed by atoms with E-state index in [1.54, 1.807) is 12.1 Å². The van der Waals surface area contributed by atoms with Gasteiger partial charge in [0.1, 0.15) is 5.82 Å². The lowest BCUT2D eigenvalue weighted by Crippen LogP contribution is -2.37. The highest BCUT2D eigenvalue weighted by atomic mass is 35.5. The molecule has 1 atom stereocenters. The van der Waals surface area contributed by atoms with Crippen LogP contribution in [0.15, 0.2) is 53.5 Å². The van der Waals surface area contributed by atoms with E-state index in [0.29, 0.717) is 17.0 Å². The Kier molecular flexibility index (Phi) is 7.41. The number of carboxylic acid groups (broad SMARTS) is 1. The third-order valence-corrected chi connectivity index (χ3v) is 4.01. The van der Waals surface area contributed by atoms with Gasteiger partial charge in [0.15, 0.2) is 5.96 Å². The summed E-state index contributed by atoms with van der Waals surface area (Å²) < 4.78 is 14.1. The fourth-order valence-electron chi connectivity index (χ4n) is 2.53. The Morgan fingerprint density at radius 2 is 2.00 bits per heavy atom. The van der Waals surface area contributed by atoms with Crippen LogP contribution in [0, 0.1) is 5.82 Å². The van der Waals surface area contributed by atoms with Crippen molar-refractivity contribution in [2.45, 2.75) is 19.4 Å². The molecule has 3 N–H and O–H groups in total. The average molecular weight is 378 g/mol. The number of nitrogens with zero attached hydrogens (tertiary/aromatic N) is 1. The van der Waals surface area contributed by atoms with Gasteiger partial charge in [-0.25, -0.2) is 4.39 Å². The smallest absolute Gasteiger partial charge is 0.300 e. The van der Waals surface area contributed by atoms with Gasteiger partial charge in [0.25, 0.3) is 5.97 Å². The van der Waals surface area contributed by atoms with Crippen LogP contribution < -0.4 is 10.6 Å². The van der Waals surface area contributed by atoms with E-state index < -0.39 is 5.97 Å². The molecule has 0 amide bonds. The van der Waals surface area contributed by atoms with Crippen LogP contribution in [0.4, 0.5) is 4.39 Å². The van der Waals surface area contributed by atoms with Crippen LogP contribution in [-0.2, 0) is 11.2 Å². The Morgan fingerprint density at radius 1 is 1.31 bits per heavy atom. The Bertz CT molecular complexity index is 744. The summed E-state index contributed by atoms with van der Waals surface area (Å²) in [5, 5.41) is 14.4. The van der Waals surface area contributed by atoms with Crippen molar-refractivity contribution in [2.24, 2.45) is 4.99 Å². The van der Waals surface area contributed by atoms with Crippen molar-refractivity contribution in [3.05, 3.63) is 70.5 Å². The van der Waals surface area contributed by atoms with Gasteiger partial charge in [-0.3, -0.25) is 9.79 Å². The molecule has 5 nitrogen and oxygen atoms in total. The largest absolute Gasteiger partial charge is 0.481 e. The van der Waals surface area contributed by atoms with E-state index in [-0.39, 0.29) is 11.9 Å². The number of carboxylic acids is 1. The molecule has 2 aromatic rings. The first-order chi connectivity index (χ1) is 12.5. The maximum atomic E-state index is 14.1. The van der Waals surface area contributed by atoms with Gasteiger partial charge in [0.05, 0.1) is 12.6 Å². The summed E-state index contributed by atoms with van der Waals surface area (Å²) in [7, 11) is 0. The van der Waals surface area contributed by atoms with Gasteiger partial charge in [-0.1, -0.05) is 48.0 Å². The van der Waals surface area contributed by atoms with E-state index in [1.165, 1.54) is 6.07 Å². The molecule has 1 heterocycles. The number of aliphatic imine (C=N–C) groups is 1. The molecule has 0 aliphatic carbocycles. The molecule has 0 bridgehead atoms. The van der Waals surface area contributed by atoms with E-state index in [1.807, 2.05) is 30.3 Å². The van der Waals surface area contributed by atoms with Crippen molar-refractivity contribution in [1.82, 2.24) is 10.6 Å². The van der Waals surface area contributed by atoms with E-state index in [9.17, 15) is 4.39 Å². The van der Waals surface area contributed by atoms with Crippen molar-refractivity contribution in [3.8, 4) is 0 Å². The fraction of sp³-hybridized carbons (Fsp3) is 0.263. The quantitative estimate of drug-likeness (QED) is 0.763. The van der Waals surface area contributed by atoms with Crippen LogP contribution >= 0.6 is 11.6 Å². The highest BCUT2D eigenvalue weighted by Crippen LogP contribution is 2.26. The molecule has 1 aliphatic heterocycles. The lowest BCUT2D eigenvalue weighted by Gasteiger charge is -2.21. The summed E-state index contributed by atoms with van der Waals surface area (Å²) in [6, 6.07) is 14.6. The normalized spacial score (nSPS) is 13.7. The molecule has 0 saturated heterocycles. The number of benzene rings is 2. The second-order valence-electron chi connectivity index (χ2n) is 5.69. The number of guanidine groups is 1. The second-order valence-corrected chi connectivity index (χ2v) is 6.10. The van der Waals surface area contributed by atoms with Crippen LogP contribution in [0.25, 0.3) is 0 Å². The lowest BCUT2D eigenvalue weighted by atomic mass is 9.98. The molecule has 7 heteroatoms. The molecular weight excluding hydrogens is 357 g/mol. The number of hydrogen-bond donors (Lipinski definition) is 3. The lowest BCUT2D eigenvalue weighted by molar-refractivity contribution is -0.134. The zero-order valence-corrected chi connectivity index (χ0v) is 15.1. The van der Waals surface area contributed by atoms with E-state index in [0.717, 1.165) is 31.5 Å². The molecule has 0 aromatic heterocycles. The number of hydrogen-bond acceptors (Lipinski definition) is 4. The SMILES string of the molecule is CC(=O)O.Fc1cccc(Cl)c1CC(NC1=NCCN1)c1ccccc1. The molecule has 138 valence electrons. The van der Waals surface area contributed by atoms with Crippen LogP contribution in [0.3, 0.4) is 0 Å². The van der Waals surface area contributed by atoms with Crippen molar-refractivity contribution in [2.75, 3.05) is 13.1 Å². The third-order valence-electron chi connectivity index (χ3n) is 3.66. The Labute approximate surface area is 156 Å². The number of aliphatic carboxylic acids is 1. The summed E-state index contributed by atoms with van der Waals surface area (Å²) in [6.45, 7) is 2.66. The predicted octanol–water partition coefficient (Wildman–Crippen LogP) is 3.40. The monoisotopic (exact) mass is 377 g/mol. The zero-order chi connectivity index (χ0) is 18.9. The summed E-state index contributed by atoms with van der Waals surface area (Å²) in [5.74, 6) is -0.363. The van der Waals surface area contributed by atoms with Crippen LogP contribution in [0.5, 0.6) is 0 Å². The molecule has 0 saturated carbocycles. The van der Waals surface area contributed by atoms with Crippen LogP contribution in [0.2, 0.25) is 5.02 Å². The number of rotatable bonds is 4. The van der Waals surface area contributed by atoms with E-state index >= 15 is 0 Å². The number of nitrogens with one attached hydrogen (secondary N) is 2. The highest BCUT2D eigenvalue weighted by molar-refractivity contribution is 6.31. The molecule has 3 rings (SSSR count). The molecule has 0 fully saturated rings. The Balaban J connectivity index is 0.000000552. The van der Waals surface area contributed by atoms with Gasteiger partial charge in [0, 0.05) is 30.5 Å². The minimum absolute atomic E-state index is 0.0973. The van der Waals surface area contributed by atoms with Gasteiger partial charge in [-0.05, 0) is 17.7 Å². The summed E-state index contributed by atoms with van der Waals surface area (Å²) in [4.78, 5) is 13.4. The van der Waals surface area contributed by atoms with Gasteiger partial charge in [-0.15, -0.1) is 0 Å². The van der Waals surface area contributed by atoms with Gasteiger partial charge in [0.2, 0.25) is 0 Å². The number of halogens is 2. The maximum Gasteiger partial charge on any atom is 0.300 e. The van der Waals surface area contributed by atoms with Crippen molar-refractivity contribution < 1.29 is 14.3 Å². The molecule has 1 unspecified atom stereocenters. The van der Waals surface area contributed by atoms with Crippen molar-refractivity contribution >= 4 is 23.5 Å². The van der Waals surface area contributed by atoms with Crippen molar-refractivity contribution in [1.29, 1.82) is 0 Å². The summed E-state index contributed by atoms with van der Waals surface area (Å²) in [6.07, 6.45) is 0.455. The Morgan fingerprint density at radius 3 is 2.58 bits per heavy atom. The molecule has 0 spiro atoms. The minimum Gasteiger partial charge on any atom is -0.481 e. The number of carbonyl (C=O) groups is 1. The molecule has 1 aliphatic rings. The first kappa shape index (κ1) is 19.7. The van der Waals surface area contributed by atoms with Gasteiger partial charge in [-0.2, -0.15) is 0 Å². The standard InChI is InChI=1S/C17H17ClFN3.C2H4O2/c18-14-7-4-8-15(19)13(14)11-16(12-5-2-1-3-6-12)22-17-20-9-10-21-17;1-2(3)4/h1-8,16H,9-11H2,(H2,20,21,22);1H3,(H,3,4). The fourth-order valence-corrected chi connectivity index (χ4v) is 2.77. The molecule has 0 radical (unpaired) electrons. The van der Waals surface area contributed by atoms with Gasteiger partial charge < -0.3 is 15.7 Å². The highest BCUT2D eigenvalue weighted by Gasteiger charge is 2.19. The maximum absolute atomic E-state index is 14.1.